The van der Waals surface area contributed by atoms with E-state index in [4.69, 9.17) is 34.8 Å². The molecule has 0 aromatic heterocycles. The van der Waals surface area contributed by atoms with Gasteiger partial charge in [-0.1, -0.05) is 89.4 Å². The van der Waals surface area contributed by atoms with E-state index in [9.17, 15) is 9.59 Å². The van der Waals surface area contributed by atoms with Crippen molar-refractivity contribution in [3.63, 3.8) is 0 Å². The lowest BCUT2D eigenvalue weighted by molar-refractivity contribution is -0.139. The first-order chi connectivity index (χ1) is 16.9. The van der Waals surface area contributed by atoms with Crippen LogP contribution >= 0.6 is 46.6 Å². The molecule has 1 N–H and O–H groups in total. The zero-order valence-electron chi connectivity index (χ0n) is 19.3. The molecule has 0 aliphatic carbocycles. The van der Waals surface area contributed by atoms with Crippen molar-refractivity contribution in [3.05, 3.63) is 105 Å². The maximum absolute atomic E-state index is 13.5. The van der Waals surface area contributed by atoms with Crippen LogP contribution in [0.4, 0.5) is 0 Å². The van der Waals surface area contributed by atoms with E-state index < -0.39 is 6.04 Å². The summed E-state index contributed by atoms with van der Waals surface area (Å²) in [6.07, 6.45) is 0.398. The normalized spacial score (nSPS) is 11.7. The fourth-order valence-electron chi connectivity index (χ4n) is 3.63. The van der Waals surface area contributed by atoms with Crippen molar-refractivity contribution < 1.29 is 9.59 Å². The quantitative estimate of drug-likeness (QED) is 0.291. The monoisotopic (exact) mass is 548 g/mol. The Balaban J connectivity index is 1.85. The Kier molecular flexibility index (Phi) is 10.8. The second kappa shape index (κ2) is 13.8. The van der Waals surface area contributed by atoms with Crippen LogP contribution in [0.15, 0.2) is 72.8 Å². The predicted octanol–water partition coefficient (Wildman–Crippen LogP) is 6.66. The Labute approximate surface area is 225 Å². The van der Waals surface area contributed by atoms with Crippen molar-refractivity contribution in [2.75, 3.05) is 12.3 Å². The van der Waals surface area contributed by atoms with Crippen LogP contribution < -0.4 is 5.32 Å². The van der Waals surface area contributed by atoms with Gasteiger partial charge >= 0.3 is 0 Å². The molecule has 8 heteroatoms. The SMILES string of the molecule is CCNC(=O)[C@@H](Cc1ccccc1)N(Cc1ccc(Cl)c(Cl)c1)C(=O)CSCc1ccccc1Cl. The minimum absolute atomic E-state index is 0.139. The average molecular weight is 550 g/mol. The first kappa shape index (κ1) is 27.4. The van der Waals surface area contributed by atoms with Crippen molar-refractivity contribution in [1.29, 1.82) is 0 Å². The van der Waals surface area contributed by atoms with Gasteiger partial charge in [0.25, 0.3) is 0 Å². The average Bonchev–Trinajstić information content (AvgIpc) is 2.85. The summed E-state index contributed by atoms with van der Waals surface area (Å²) in [5.41, 5.74) is 2.73. The number of hydrogen-bond acceptors (Lipinski definition) is 3. The molecule has 0 heterocycles. The summed E-state index contributed by atoms with van der Waals surface area (Å²) >= 11 is 20.1. The molecule has 0 saturated heterocycles. The van der Waals surface area contributed by atoms with Crippen LogP contribution in [0.3, 0.4) is 0 Å². The van der Waals surface area contributed by atoms with E-state index in [0.717, 1.165) is 16.7 Å². The van der Waals surface area contributed by atoms with Crippen LogP contribution in [-0.2, 0) is 28.3 Å². The molecule has 0 spiro atoms. The predicted molar refractivity (Wildman–Crippen MR) is 147 cm³/mol. The third-order valence-electron chi connectivity index (χ3n) is 5.40. The van der Waals surface area contributed by atoms with E-state index >= 15 is 0 Å². The second-order valence-corrected chi connectivity index (χ2v) is 10.2. The van der Waals surface area contributed by atoms with E-state index in [0.29, 0.717) is 33.8 Å². The highest BCUT2D eigenvalue weighted by Gasteiger charge is 2.30. The Morgan fingerprint density at radius 3 is 2.29 bits per heavy atom. The largest absolute Gasteiger partial charge is 0.355 e. The Bertz CT molecular complexity index is 1140. The molecular formula is C27H27Cl3N2O2S. The molecule has 3 aromatic carbocycles. The number of hydrogen-bond donors (Lipinski definition) is 1. The third-order valence-corrected chi connectivity index (χ3v) is 7.47. The number of likely N-dealkylation sites (N-methyl/N-ethyl adjacent to an activating group) is 1. The number of nitrogens with one attached hydrogen (secondary N) is 1. The minimum atomic E-state index is -0.680. The van der Waals surface area contributed by atoms with E-state index in [2.05, 4.69) is 5.32 Å². The number of nitrogens with zero attached hydrogens (tertiary/aromatic N) is 1. The standard InChI is InChI=1S/C27H27Cl3N2O2S/c1-2-31-27(34)25(15-19-8-4-3-5-9-19)32(16-20-12-13-23(29)24(30)14-20)26(33)18-35-17-21-10-6-7-11-22(21)28/h3-14,25H,2,15-18H2,1H3,(H,31,34)/t25-/m1/s1. The first-order valence-corrected chi connectivity index (χ1v) is 13.5. The maximum Gasteiger partial charge on any atom is 0.243 e. The highest BCUT2D eigenvalue weighted by atomic mass is 35.5. The number of rotatable bonds is 11. The summed E-state index contributed by atoms with van der Waals surface area (Å²) in [5, 5.41) is 4.41. The van der Waals surface area contributed by atoms with Crippen LogP contribution in [0.1, 0.15) is 23.6 Å². The molecule has 0 unspecified atom stereocenters. The first-order valence-electron chi connectivity index (χ1n) is 11.2. The summed E-state index contributed by atoms with van der Waals surface area (Å²) < 4.78 is 0. The molecule has 0 radical (unpaired) electrons. The van der Waals surface area contributed by atoms with E-state index in [1.54, 1.807) is 17.0 Å². The van der Waals surface area contributed by atoms with Crippen molar-refractivity contribution in [2.24, 2.45) is 0 Å². The number of carbonyl (C=O) groups is 2. The molecule has 2 amide bonds. The molecule has 3 aromatic rings. The van der Waals surface area contributed by atoms with Gasteiger partial charge in [-0.3, -0.25) is 9.59 Å². The van der Waals surface area contributed by atoms with Crippen LogP contribution in [-0.4, -0.2) is 35.1 Å². The van der Waals surface area contributed by atoms with Crippen LogP contribution in [0, 0.1) is 0 Å². The Morgan fingerprint density at radius 2 is 1.60 bits per heavy atom. The van der Waals surface area contributed by atoms with Crippen molar-refractivity contribution in [2.45, 2.75) is 31.7 Å². The van der Waals surface area contributed by atoms with E-state index in [-0.39, 0.29) is 24.1 Å². The van der Waals surface area contributed by atoms with Gasteiger partial charge in [-0.2, -0.15) is 0 Å². The van der Waals surface area contributed by atoms with Gasteiger partial charge in [-0.15, -0.1) is 11.8 Å². The number of halogens is 3. The lowest BCUT2D eigenvalue weighted by Gasteiger charge is -2.31. The molecular weight excluding hydrogens is 523 g/mol. The van der Waals surface area contributed by atoms with Gasteiger partial charge in [0, 0.05) is 30.3 Å². The zero-order chi connectivity index (χ0) is 25.2. The van der Waals surface area contributed by atoms with Crippen molar-refractivity contribution in [3.8, 4) is 0 Å². The lowest BCUT2D eigenvalue weighted by Crippen LogP contribution is -2.51. The molecule has 0 saturated carbocycles. The highest BCUT2D eigenvalue weighted by Crippen LogP contribution is 2.25. The molecule has 0 bridgehead atoms. The summed E-state index contributed by atoms with van der Waals surface area (Å²) in [6.45, 7) is 2.57. The van der Waals surface area contributed by atoms with Crippen LogP contribution in [0.5, 0.6) is 0 Å². The van der Waals surface area contributed by atoms with Crippen molar-refractivity contribution in [1.82, 2.24) is 10.2 Å². The van der Waals surface area contributed by atoms with Gasteiger partial charge in [-0.05, 0) is 41.8 Å². The van der Waals surface area contributed by atoms with Gasteiger partial charge < -0.3 is 10.2 Å². The molecule has 0 fully saturated rings. The van der Waals surface area contributed by atoms with E-state index in [1.807, 2.05) is 67.6 Å². The van der Waals surface area contributed by atoms with Crippen LogP contribution in [0.25, 0.3) is 0 Å². The summed E-state index contributed by atoms with van der Waals surface area (Å²) in [5.74, 6) is 0.467. The third kappa shape index (κ3) is 8.18. The van der Waals surface area contributed by atoms with E-state index in [1.165, 1.54) is 11.8 Å². The molecule has 35 heavy (non-hydrogen) atoms. The summed E-state index contributed by atoms with van der Waals surface area (Å²) in [6, 6.07) is 21.8. The fourth-order valence-corrected chi connectivity index (χ4v) is 5.14. The summed E-state index contributed by atoms with van der Waals surface area (Å²) in [4.78, 5) is 28.4. The van der Waals surface area contributed by atoms with Crippen molar-refractivity contribution >= 4 is 58.4 Å². The number of benzene rings is 3. The number of amides is 2. The Hall–Kier alpha value is -2.18. The topological polar surface area (TPSA) is 49.4 Å². The van der Waals surface area contributed by atoms with Crippen LogP contribution in [0.2, 0.25) is 15.1 Å². The number of thioether (sulfide) groups is 1. The highest BCUT2D eigenvalue weighted by molar-refractivity contribution is 7.99. The smallest absolute Gasteiger partial charge is 0.243 e. The Morgan fingerprint density at radius 1 is 0.886 bits per heavy atom. The molecule has 1 atom stereocenters. The molecule has 3 rings (SSSR count). The summed E-state index contributed by atoms with van der Waals surface area (Å²) in [7, 11) is 0. The van der Waals surface area contributed by atoms with Gasteiger partial charge in [0.2, 0.25) is 11.8 Å². The number of carbonyl (C=O) groups excluding carboxylic acids is 2. The lowest BCUT2D eigenvalue weighted by atomic mass is 10.0. The maximum atomic E-state index is 13.5. The zero-order valence-corrected chi connectivity index (χ0v) is 22.4. The molecule has 0 aliphatic heterocycles. The van der Waals surface area contributed by atoms with Gasteiger partial charge in [0.1, 0.15) is 6.04 Å². The van der Waals surface area contributed by atoms with Gasteiger partial charge in [0.05, 0.1) is 15.8 Å². The molecule has 4 nitrogen and oxygen atoms in total. The fraction of sp³-hybridized carbons (Fsp3) is 0.259. The van der Waals surface area contributed by atoms with Gasteiger partial charge in [-0.25, -0.2) is 0 Å². The molecule has 0 aliphatic rings. The molecule has 184 valence electrons. The minimum Gasteiger partial charge on any atom is -0.355 e. The van der Waals surface area contributed by atoms with Gasteiger partial charge in [0.15, 0.2) is 0 Å². The second-order valence-electron chi connectivity index (χ2n) is 7.95.